The number of nitrogens with zero attached hydrogens (tertiary/aromatic N) is 1. The second-order valence-electron chi connectivity index (χ2n) is 4.97. The van der Waals surface area contributed by atoms with Gasteiger partial charge in [-0.2, -0.15) is 4.31 Å². The molecule has 116 valence electrons. The lowest BCUT2D eigenvalue weighted by molar-refractivity contribution is 0.460. The van der Waals surface area contributed by atoms with E-state index in [-0.39, 0.29) is 0 Å². The molecule has 0 aliphatic carbocycles. The Morgan fingerprint density at radius 2 is 2.10 bits per heavy atom. The molecule has 0 amide bonds. The number of hydrogen-bond donors (Lipinski definition) is 1. The summed E-state index contributed by atoms with van der Waals surface area (Å²) in [7, 11) is -0.0292. The average molecular weight is 328 g/mol. The van der Waals surface area contributed by atoms with Crippen LogP contribution in [-0.4, -0.2) is 26.8 Å². The van der Waals surface area contributed by atoms with Crippen LogP contribution in [0.4, 0.5) is 0 Å². The Morgan fingerprint density at radius 3 is 2.67 bits per heavy atom. The first-order valence-corrected chi connectivity index (χ1v) is 8.85. The molecule has 1 N–H and O–H groups in total. The summed E-state index contributed by atoms with van der Waals surface area (Å²) < 4.78 is 32.2. The first kappa shape index (κ1) is 16.2. The van der Waals surface area contributed by atoms with Gasteiger partial charge in [0.05, 0.1) is 6.26 Å². The second-order valence-corrected chi connectivity index (χ2v) is 8.37. The van der Waals surface area contributed by atoms with Gasteiger partial charge in [-0.1, -0.05) is 0 Å². The zero-order valence-electron chi connectivity index (χ0n) is 12.6. The van der Waals surface area contributed by atoms with Gasteiger partial charge in [0, 0.05) is 30.6 Å². The molecule has 0 bridgehead atoms. The van der Waals surface area contributed by atoms with E-state index in [1.807, 2.05) is 20.9 Å². The van der Waals surface area contributed by atoms with Crippen LogP contribution < -0.4 is 5.32 Å². The summed E-state index contributed by atoms with van der Waals surface area (Å²) in [5, 5.41) is 3.05. The Kier molecular flexibility index (Phi) is 4.88. The van der Waals surface area contributed by atoms with Crippen molar-refractivity contribution in [2.45, 2.75) is 31.1 Å². The van der Waals surface area contributed by atoms with Crippen molar-refractivity contribution in [2.75, 3.05) is 14.1 Å². The first-order chi connectivity index (χ1) is 9.86. The van der Waals surface area contributed by atoms with Gasteiger partial charge in [0.1, 0.15) is 9.97 Å². The molecule has 0 saturated heterocycles. The van der Waals surface area contributed by atoms with Crippen LogP contribution in [0.3, 0.4) is 0 Å². The maximum atomic E-state index is 12.6. The molecule has 0 spiro atoms. The zero-order chi connectivity index (χ0) is 15.6. The van der Waals surface area contributed by atoms with Crippen LogP contribution in [0, 0.1) is 13.8 Å². The molecule has 2 aromatic heterocycles. The predicted molar refractivity (Wildman–Crippen MR) is 83.9 cm³/mol. The van der Waals surface area contributed by atoms with E-state index >= 15 is 0 Å². The van der Waals surface area contributed by atoms with E-state index in [9.17, 15) is 8.42 Å². The van der Waals surface area contributed by atoms with Crippen LogP contribution in [0.15, 0.2) is 27.0 Å². The summed E-state index contributed by atoms with van der Waals surface area (Å²) in [5.74, 6) is 0.746. The van der Waals surface area contributed by atoms with Gasteiger partial charge in [0.2, 0.25) is 0 Å². The molecule has 0 fully saturated rings. The van der Waals surface area contributed by atoms with E-state index in [1.54, 1.807) is 25.4 Å². The van der Waals surface area contributed by atoms with Gasteiger partial charge in [-0.25, -0.2) is 8.42 Å². The summed E-state index contributed by atoms with van der Waals surface area (Å²) in [6, 6.07) is 3.54. The minimum Gasteiger partial charge on any atom is -0.469 e. The Morgan fingerprint density at radius 1 is 1.38 bits per heavy atom. The number of rotatable bonds is 6. The number of furan rings is 1. The normalized spacial score (nSPS) is 12.2. The van der Waals surface area contributed by atoms with Crippen molar-refractivity contribution in [2.24, 2.45) is 0 Å². The topological polar surface area (TPSA) is 62.6 Å². The third-order valence-corrected chi connectivity index (χ3v) is 6.85. The number of nitrogens with one attached hydrogen (secondary N) is 1. The molecule has 0 aliphatic rings. The monoisotopic (exact) mass is 328 g/mol. The molecule has 21 heavy (non-hydrogen) atoms. The fraction of sp³-hybridized carbons (Fsp3) is 0.429. The molecule has 0 aliphatic heterocycles. The van der Waals surface area contributed by atoms with E-state index in [2.05, 4.69) is 5.32 Å². The molecule has 2 rings (SSSR count). The van der Waals surface area contributed by atoms with Crippen LogP contribution in [0.5, 0.6) is 0 Å². The van der Waals surface area contributed by atoms with Gasteiger partial charge in [-0.3, -0.25) is 0 Å². The summed E-state index contributed by atoms with van der Waals surface area (Å²) in [6.07, 6.45) is 1.57. The van der Waals surface area contributed by atoms with Gasteiger partial charge in [-0.05, 0) is 38.6 Å². The number of hydrogen-bond acceptors (Lipinski definition) is 5. The highest BCUT2D eigenvalue weighted by atomic mass is 32.2. The van der Waals surface area contributed by atoms with Crippen molar-refractivity contribution in [3.8, 4) is 0 Å². The van der Waals surface area contributed by atoms with E-state index in [1.165, 1.54) is 15.6 Å². The SMILES string of the molecule is CNCc1sc(S(=O)(=O)N(C)Cc2ccoc2C)cc1C. The molecule has 5 nitrogen and oxygen atoms in total. The summed E-state index contributed by atoms with van der Waals surface area (Å²) >= 11 is 1.32. The van der Waals surface area contributed by atoms with Gasteiger partial charge in [0.25, 0.3) is 10.0 Å². The molecule has 2 heterocycles. The first-order valence-electron chi connectivity index (χ1n) is 6.59. The van der Waals surface area contributed by atoms with E-state index in [0.717, 1.165) is 21.8 Å². The van der Waals surface area contributed by atoms with Crippen molar-refractivity contribution in [3.63, 3.8) is 0 Å². The van der Waals surface area contributed by atoms with Crippen molar-refractivity contribution in [1.29, 1.82) is 0 Å². The highest BCUT2D eigenvalue weighted by Crippen LogP contribution is 2.29. The Bertz CT molecular complexity index is 716. The van der Waals surface area contributed by atoms with Crippen LogP contribution in [-0.2, 0) is 23.1 Å². The maximum absolute atomic E-state index is 12.6. The summed E-state index contributed by atoms with van der Waals surface area (Å²) in [4.78, 5) is 1.05. The molecular weight excluding hydrogens is 308 g/mol. The van der Waals surface area contributed by atoms with Crippen LogP contribution >= 0.6 is 11.3 Å². The van der Waals surface area contributed by atoms with Crippen LogP contribution in [0.2, 0.25) is 0 Å². The maximum Gasteiger partial charge on any atom is 0.252 e. The molecule has 0 unspecified atom stereocenters. The molecule has 7 heteroatoms. The molecule has 2 aromatic rings. The van der Waals surface area contributed by atoms with Crippen molar-refractivity contribution in [3.05, 3.63) is 40.2 Å². The standard InChI is InChI=1S/C14H20N2O3S2/c1-10-7-14(20-13(10)8-15-3)21(17,18)16(4)9-12-5-6-19-11(12)2/h5-7,15H,8-9H2,1-4H3. The lowest BCUT2D eigenvalue weighted by atomic mass is 10.3. The largest absolute Gasteiger partial charge is 0.469 e. The fourth-order valence-corrected chi connectivity index (χ4v) is 4.97. The average Bonchev–Trinajstić information content (AvgIpc) is 2.98. The molecule has 0 saturated carbocycles. The Labute approximate surface area is 129 Å². The van der Waals surface area contributed by atoms with Gasteiger partial charge < -0.3 is 9.73 Å². The highest BCUT2D eigenvalue weighted by molar-refractivity contribution is 7.91. The Hall–Kier alpha value is -1.15. The van der Waals surface area contributed by atoms with Crippen LogP contribution in [0.25, 0.3) is 0 Å². The van der Waals surface area contributed by atoms with E-state index < -0.39 is 10.0 Å². The van der Waals surface area contributed by atoms with Crippen molar-refractivity contribution in [1.82, 2.24) is 9.62 Å². The van der Waals surface area contributed by atoms with Crippen molar-refractivity contribution < 1.29 is 12.8 Å². The summed E-state index contributed by atoms with van der Waals surface area (Å²) in [6.45, 7) is 4.75. The fourth-order valence-electron chi connectivity index (χ4n) is 2.01. The van der Waals surface area contributed by atoms with Gasteiger partial charge >= 0.3 is 0 Å². The smallest absolute Gasteiger partial charge is 0.252 e. The number of aryl methyl sites for hydroxylation is 2. The lowest BCUT2D eigenvalue weighted by Crippen LogP contribution is -2.25. The highest BCUT2D eigenvalue weighted by Gasteiger charge is 2.24. The lowest BCUT2D eigenvalue weighted by Gasteiger charge is -2.15. The zero-order valence-corrected chi connectivity index (χ0v) is 14.3. The van der Waals surface area contributed by atoms with Crippen LogP contribution in [0.1, 0.15) is 21.8 Å². The minimum absolute atomic E-state index is 0.309. The minimum atomic E-state index is -3.47. The van der Waals surface area contributed by atoms with Gasteiger partial charge in [0.15, 0.2) is 0 Å². The third-order valence-electron chi connectivity index (χ3n) is 3.36. The van der Waals surface area contributed by atoms with E-state index in [0.29, 0.717) is 17.3 Å². The second kappa shape index (κ2) is 6.31. The molecule has 0 aromatic carbocycles. The molecule has 0 radical (unpaired) electrons. The predicted octanol–water partition coefficient (Wildman–Crippen LogP) is 2.50. The quantitative estimate of drug-likeness (QED) is 0.885. The third kappa shape index (κ3) is 3.37. The number of thiophene rings is 1. The summed E-state index contributed by atoms with van der Waals surface area (Å²) in [5.41, 5.74) is 1.88. The van der Waals surface area contributed by atoms with E-state index in [4.69, 9.17) is 4.42 Å². The van der Waals surface area contributed by atoms with Gasteiger partial charge in [-0.15, -0.1) is 11.3 Å². The van der Waals surface area contributed by atoms with Crippen molar-refractivity contribution >= 4 is 21.4 Å². The Balaban J connectivity index is 2.24. The number of sulfonamides is 1. The molecule has 0 atom stereocenters. The molecular formula is C14H20N2O3S2.